The number of nitriles is 1. The molecule has 2 heterocycles. The summed E-state index contributed by atoms with van der Waals surface area (Å²) in [5.41, 5.74) is 3.39. The van der Waals surface area contributed by atoms with E-state index in [0.717, 1.165) is 28.9 Å². The lowest BCUT2D eigenvalue weighted by molar-refractivity contribution is -0.118. The van der Waals surface area contributed by atoms with Crippen LogP contribution in [0.4, 0.5) is 24.5 Å². The number of nitrogens with zero attached hydrogens (tertiary/aromatic N) is 5. The number of hydrogen-bond acceptors (Lipinski definition) is 8. The largest absolute Gasteiger partial charge is 0.473 e. The molecule has 1 saturated carbocycles. The van der Waals surface area contributed by atoms with Gasteiger partial charge in [0, 0.05) is 5.69 Å². The average Bonchev–Trinajstić information content (AvgIpc) is 3.71. The van der Waals surface area contributed by atoms with Gasteiger partial charge in [-0.05, 0) is 54.3 Å². The van der Waals surface area contributed by atoms with Crippen LogP contribution in [0.5, 0.6) is 5.88 Å². The molecule has 1 aliphatic carbocycles. The Morgan fingerprint density at radius 2 is 1.71 bits per heavy atom. The van der Waals surface area contributed by atoms with E-state index in [-0.39, 0.29) is 34.7 Å². The van der Waals surface area contributed by atoms with E-state index in [9.17, 15) is 26.9 Å². The first kappa shape index (κ1) is 25.4. The van der Waals surface area contributed by atoms with Gasteiger partial charge in [-0.1, -0.05) is 18.2 Å². The van der Waals surface area contributed by atoms with E-state index in [1.807, 2.05) is 6.07 Å². The second-order valence-electron chi connectivity index (χ2n) is 8.78. The van der Waals surface area contributed by atoms with Crippen LogP contribution in [-0.2, 0) is 16.5 Å². The van der Waals surface area contributed by atoms with Crippen LogP contribution in [0.25, 0.3) is 22.2 Å². The molecule has 0 radical (unpaired) electrons. The van der Waals surface area contributed by atoms with Gasteiger partial charge >= 0.3 is 6.18 Å². The molecule has 0 spiro atoms. The number of benzene rings is 2. The third-order valence-electron chi connectivity index (χ3n) is 5.80. The minimum Gasteiger partial charge on any atom is -0.473 e. The summed E-state index contributed by atoms with van der Waals surface area (Å²) in [5.74, 6) is -0.0770. The van der Waals surface area contributed by atoms with Crippen molar-refractivity contribution in [3.05, 3.63) is 72.2 Å². The lowest BCUT2D eigenvalue weighted by Crippen LogP contribution is -2.30. The van der Waals surface area contributed by atoms with Crippen LogP contribution in [0.1, 0.15) is 24.1 Å². The molecule has 0 N–H and O–H groups in total. The van der Waals surface area contributed by atoms with Gasteiger partial charge in [-0.3, -0.25) is 4.98 Å². The molecule has 4 aromatic rings. The maximum atomic E-state index is 13.5. The zero-order chi connectivity index (χ0) is 26.9. The van der Waals surface area contributed by atoms with Crippen molar-refractivity contribution in [1.82, 2.24) is 15.0 Å². The summed E-state index contributed by atoms with van der Waals surface area (Å²) in [4.78, 5) is 13.8. The first-order valence-corrected chi connectivity index (χ1v) is 12.9. The standard InChI is InChI=1S/C26H20F3N5O3S/c27-26(28,29)15-34(21-9-18(11-30)25(32-13-21)37-22-6-7-22)20-4-1-16(2-5-20)17-3-8-23-24(10-17)31-12-19(33-23)14-38(35)36/h1-5,8-10,12-13,22,38H,6-7,14-15H2. The van der Waals surface area contributed by atoms with E-state index in [1.165, 1.54) is 18.5 Å². The second kappa shape index (κ2) is 10.3. The Balaban J connectivity index is 1.44. The highest BCUT2D eigenvalue weighted by Gasteiger charge is 2.32. The van der Waals surface area contributed by atoms with E-state index < -0.39 is 23.4 Å². The molecular weight excluding hydrogens is 519 g/mol. The SMILES string of the molecule is N#Cc1cc(N(CC(F)(F)F)c2ccc(-c3ccc4nc(C[SH](=O)=O)cnc4c3)cc2)cnc1OC1CC1. The highest BCUT2D eigenvalue weighted by molar-refractivity contribution is 7.71. The Labute approximate surface area is 217 Å². The third kappa shape index (κ3) is 6.00. The van der Waals surface area contributed by atoms with Crippen molar-refractivity contribution >= 4 is 33.1 Å². The average molecular weight is 540 g/mol. The van der Waals surface area contributed by atoms with E-state index in [0.29, 0.717) is 16.7 Å². The molecule has 38 heavy (non-hydrogen) atoms. The number of fused-ring (bicyclic) bond motifs is 1. The monoisotopic (exact) mass is 539 g/mol. The molecule has 0 atom stereocenters. The third-order valence-corrected chi connectivity index (χ3v) is 6.39. The summed E-state index contributed by atoms with van der Waals surface area (Å²) in [6.45, 7) is -1.27. The van der Waals surface area contributed by atoms with Gasteiger partial charge in [0.2, 0.25) is 5.88 Å². The van der Waals surface area contributed by atoms with E-state index in [2.05, 4.69) is 15.0 Å². The molecule has 0 unspecified atom stereocenters. The zero-order valence-electron chi connectivity index (χ0n) is 19.7. The summed E-state index contributed by atoms with van der Waals surface area (Å²) in [6.07, 6.45) is -0.127. The summed E-state index contributed by atoms with van der Waals surface area (Å²) < 4.78 is 68.0. The van der Waals surface area contributed by atoms with Crippen molar-refractivity contribution < 1.29 is 26.3 Å². The second-order valence-corrected chi connectivity index (χ2v) is 9.76. The molecule has 5 rings (SSSR count). The molecular formula is C26H20F3N5O3S. The summed E-state index contributed by atoms with van der Waals surface area (Å²) >= 11 is 0. The van der Waals surface area contributed by atoms with E-state index in [1.54, 1.807) is 42.5 Å². The van der Waals surface area contributed by atoms with E-state index >= 15 is 0 Å². The van der Waals surface area contributed by atoms with Gasteiger partial charge < -0.3 is 9.64 Å². The molecule has 0 aliphatic heterocycles. The predicted molar refractivity (Wildman–Crippen MR) is 135 cm³/mol. The van der Waals surface area contributed by atoms with Crippen LogP contribution >= 0.6 is 0 Å². The van der Waals surface area contributed by atoms with Crippen molar-refractivity contribution in [2.24, 2.45) is 0 Å². The molecule has 0 saturated heterocycles. The first-order valence-electron chi connectivity index (χ1n) is 11.6. The fourth-order valence-electron chi connectivity index (χ4n) is 3.89. The fourth-order valence-corrected chi connectivity index (χ4v) is 4.31. The first-order chi connectivity index (χ1) is 18.2. The van der Waals surface area contributed by atoms with Gasteiger partial charge in [0.05, 0.1) is 40.6 Å². The summed E-state index contributed by atoms with van der Waals surface area (Å²) in [5, 5.41) is 9.51. The maximum Gasteiger partial charge on any atom is 0.406 e. The number of halogens is 3. The smallest absolute Gasteiger partial charge is 0.406 e. The van der Waals surface area contributed by atoms with Crippen molar-refractivity contribution in [3.8, 4) is 23.1 Å². The Kier molecular flexibility index (Phi) is 6.86. The molecule has 194 valence electrons. The van der Waals surface area contributed by atoms with Crippen molar-refractivity contribution in [3.63, 3.8) is 0 Å². The van der Waals surface area contributed by atoms with E-state index in [4.69, 9.17) is 4.74 Å². The molecule has 1 fully saturated rings. The summed E-state index contributed by atoms with van der Waals surface area (Å²) in [7, 11) is -2.62. The molecule has 2 aromatic heterocycles. The number of anilines is 2. The maximum absolute atomic E-state index is 13.5. The fraction of sp³-hybridized carbons (Fsp3) is 0.231. The van der Waals surface area contributed by atoms with Gasteiger partial charge in [0.25, 0.3) is 0 Å². The number of hydrogen-bond donors (Lipinski definition) is 1. The Morgan fingerprint density at radius 1 is 0.974 bits per heavy atom. The van der Waals surface area contributed by atoms with Crippen molar-refractivity contribution in [2.75, 3.05) is 11.4 Å². The van der Waals surface area contributed by atoms with Crippen LogP contribution in [0.15, 0.2) is 60.9 Å². The molecule has 0 amide bonds. The van der Waals surface area contributed by atoms with Crippen molar-refractivity contribution in [2.45, 2.75) is 30.9 Å². The highest BCUT2D eigenvalue weighted by Crippen LogP contribution is 2.35. The number of alkyl halides is 3. The van der Waals surface area contributed by atoms with Gasteiger partial charge in [-0.2, -0.15) is 18.4 Å². The Morgan fingerprint density at radius 3 is 2.37 bits per heavy atom. The number of aromatic nitrogens is 3. The Hall–Kier alpha value is -4.24. The lowest BCUT2D eigenvalue weighted by atomic mass is 10.0. The number of pyridine rings is 1. The molecule has 1 aliphatic rings. The number of ether oxygens (including phenoxy) is 1. The Bertz CT molecular complexity index is 1610. The zero-order valence-corrected chi connectivity index (χ0v) is 20.6. The number of thiol groups is 1. The van der Waals surface area contributed by atoms with Gasteiger partial charge in [0.15, 0.2) is 0 Å². The number of rotatable bonds is 8. The minimum absolute atomic E-state index is 0.00812. The highest BCUT2D eigenvalue weighted by atomic mass is 32.2. The van der Waals surface area contributed by atoms with Crippen molar-refractivity contribution in [1.29, 1.82) is 5.26 Å². The molecule has 0 bridgehead atoms. The van der Waals surface area contributed by atoms with Crippen LogP contribution in [0.2, 0.25) is 0 Å². The normalized spacial score (nSPS) is 13.4. The predicted octanol–water partition coefficient (Wildman–Crippen LogP) is 4.92. The molecule has 8 nitrogen and oxygen atoms in total. The summed E-state index contributed by atoms with van der Waals surface area (Å²) in [6, 6.07) is 15.1. The van der Waals surface area contributed by atoms with Crippen LogP contribution in [0.3, 0.4) is 0 Å². The topological polar surface area (TPSA) is 109 Å². The quantitative estimate of drug-likeness (QED) is 0.315. The minimum atomic E-state index is -4.51. The molecule has 2 aromatic carbocycles. The van der Waals surface area contributed by atoms with Crippen LogP contribution in [-0.4, -0.2) is 42.2 Å². The van der Waals surface area contributed by atoms with Gasteiger partial charge in [-0.15, -0.1) is 0 Å². The molecule has 12 heteroatoms. The van der Waals surface area contributed by atoms with Gasteiger partial charge in [-0.25, -0.2) is 18.4 Å². The van der Waals surface area contributed by atoms with Crippen LogP contribution in [0, 0.1) is 11.3 Å². The van der Waals surface area contributed by atoms with Crippen LogP contribution < -0.4 is 9.64 Å². The van der Waals surface area contributed by atoms with Gasteiger partial charge in [0.1, 0.15) is 35.0 Å². The lowest BCUT2D eigenvalue weighted by Gasteiger charge is -2.26.